The number of aliphatic hydroxyl groups is 1. The van der Waals surface area contributed by atoms with Gasteiger partial charge in [0.15, 0.2) is 0 Å². The second-order valence-corrected chi connectivity index (χ2v) is 10.3. The van der Waals surface area contributed by atoms with Crippen molar-refractivity contribution in [2.75, 3.05) is 4.90 Å². The summed E-state index contributed by atoms with van der Waals surface area (Å²) in [6.45, 7) is 10.3. The second kappa shape index (κ2) is 8.56. The topological polar surface area (TPSA) is 83.4 Å². The summed E-state index contributed by atoms with van der Waals surface area (Å²) in [4.78, 5) is 27.8. The summed E-state index contributed by atoms with van der Waals surface area (Å²) in [5.41, 5.74) is 3.39. The summed E-state index contributed by atoms with van der Waals surface area (Å²) in [5, 5.41) is 20.6. The summed E-state index contributed by atoms with van der Waals surface area (Å²) in [7, 11) is 0. The van der Waals surface area contributed by atoms with Crippen LogP contribution in [0.1, 0.15) is 61.0 Å². The average Bonchev–Trinajstić information content (AvgIpc) is 3.36. The Kier molecular flexibility index (Phi) is 5.93. The van der Waals surface area contributed by atoms with Crippen molar-refractivity contribution >= 4 is 33.9 Å². The van der Waals surface area contributed by atoms with E-state index in [-0.39, 0.29) is 16.7 Å². The van der Waals surface area contributed by atoms with Crippen LogP contribution in [-0.2, 0) is 21.4 Å². The van der Waals surface area contributed by atoms with Gasteiger partial charge in [-0.15, -0.1) is 10.2 Å². The molecule has 0 bridgehead atoms. The highest BCUT2D eigenvalue weighted by atomic mass is 32.1. The molecule has 2 heterocycles. The van der Waals surface area contributed by atoms with E-state index in [1.807, 2.05) is 50.2 Å². The maximum absolute atomic E-state index is 13.2. The Labute approximate surface area is 197 Å². The van der Waals surface area contributed by atoms with Gasteiger partial charge in [-0.3, -0.25) is 14.5 Å². The number of anilines is 1. The maximum atomic E-state index is 13.2. The van der Waals surface area contributed by atoms with Crippen LogP contribution in [0, 0.1) is 6.92 Å². The standard InChI is InChI=1S/C26H27N3O3S/c1-6-19-27-28-25(33-19)29-21(16-11-13-18(14-12-16)26(3,4)5)20(23(31)24(29)32)22(30)17-9-7-15(2)8-10-17/h7-14,21,30H,6H2,1-5H3/b22-20+. The van der Waals surface area contributed by atoms with Crippen LogP contribution in [0.5, 0.6) is 0 Å². The molecule has 1 N–H and O–H groups in total. The Morgan fingerprint density at radius 1 is 1.03 bits per heavy atom. The number of aliphatic hydroxyl groups excluding tert-OH is 1. The van der Waals surface area contributed by atoms with E-state index in [0.717, 1.165) is 21.7 Å². The van der Waals surface area contributed by atoms with Gasteiger partial charge in [-0.05, 0) is 29.9 Å². The Morgan fingerprint density at radius 2 is 1.67 bits per heavy atom. The number of aromatic nitrogens is 2. The van der Waals surface area contributed by atoms with E-state index in [1.165, 1.54) is 16.2 Å². The van der Waals surface area contributed by atoms with Crippen molar-refractivity contribution in [1.29, 1.82) is 0 Å². The van der Waals surface area contributed by atoms with Crippen LogP contribution in [0.4, 0.5) is 5.13 Å². The van der Waals surface area contributed by atoms with Gasteiger partial charge in [0.2, 0.25) is 5.13 Å². The molecule has 1 atom stereocenters. The molecule has 1 fully saturated rings. The predicted octanol–water partition coefficient (Wildman–Crippen LogP) is 5.33. The lowest BCUT2D eigenvalue weighted by Crippen LogP contribution is -2.29. The zero-order valence-corrected chi connectivity index (χ0v) is 20.2. The first-order chi connectivity index (χ1) is 15.6. The zero-order chi connectivity index (χ0) is 23.9. The Balaban J connectivity index is 1.90. The van der Waals surface area contributed by atoms with E-state index in [0.29, 0.717) is 17.1 Å². The Morgan fingerprint density at radius 3 is 2.21 bits per heavy atom. The molecule has 1 unspecified atom stereocenters. The van der Waals surface area contributed by atoms with Gasteiger partial charge in [-0.25, -0.2) is 0 Å². The first kappa shape index (κ1) is 22.9. The molecule has 170 valence electrons. The highest BCUT2D eigenvalue weighted by molar-refractivity contribution is 7.15. The van der Waals surface area contributed by atoms with Crippen LogP contribution < -0.4 is 4.90 Å². The van der Waals surface area contributed by atoms with Crippen LogP contribution in [-0.4, -0.2) is 27.0 Å². The minimum absolute atomic E-state index is 0.0442. The molecule has 1 saturated heterocycles. The first-order valence-electron chi connectivity index (χ1n) is 10.9. The van der Waals surface area contributed by atoms with Crippen LogP contribution in [0.15, 0.2) is 54.1 Å². The number of hydrogen-bond acceptors (Lipinski definition) is 6. The first-order valence-corrected chi connectivity index (χ1v) is 11.7. The summed E-state index contributed by atoms with van der Waals surface area (Å²) in [6.07, 6.45) is 0.676. The number of amides is 1. The Hall–Kier alpha value is -3.32. The summed E-state index contributed by atoms with van der Waals surface area (Å²) in [5.74, 6) is -1.64. The van der Waals surface area contributed by atoms with Crippen molar-refractivity contribution in [1.82, 2.24) is 10.2 Å². The molecule has 1 aromatic heterocycles. The van der Waals surface area contributed by atoms with Gasteiger partial charge in [0.05, 0.1) is 11.6 Å². The fraction of sp³-hybridized carbons (Fsp3) is 0.308. The van der Waals surface area contributed by atoms with Crippen molar-refractivity contribution in [3.63, 3.8) is 0 Å². The molecule has 0 radical (unpaired) electrons. The minimum atomic E-state index is -0.794. The number of hydrogen-bond donors (Lipinski definition) is 1. The van der Waals surface area contributed by atoms with Crippen molar-refractivity contribution < 1.29 is 14.7 Å². The highest BCUT2D eigenvalue weighted by Crippen LogP contribution is 2.43. The quantitative estimate of drug-likeness (QED) is 0.322. The van der Waals surface area contributed by atoms with E-state index < -0.39 is 17.7 Å². The second-order valence-electron chi connectivity index (χ2n) is 9.24. The highest BCUT2D eigenvalue weighted by Gasteiger charge is 2.48. The van der Waals surface area contributed by atoms with E-state index in [9.17, 15) is 14.7 Å². The fourth-order valence-corrected chi connectivity index (χ4v) is 4.67. The van der Waals surface area contributed by atoms with Gasteiger partial charge >= 0.3 is 5.91 Å². The lowest BCUT2D eigenvalue weighted by Gasteiger charge is -2.24. The van der Waals surface area contributed by atoms with E-state index in [2.05, 4.69) is 31.0 Å². The SMILES string of the molecule is CCc1nnc(N2C(=O)C(=O)/C(=C(/O)c3ccc(C)cc3)C2c2ccc(C(C)(C)C)cc2)s1. The third kappa shape index (κ3) is 4.20. The largest absolute Gasteiger partial charge is 0.507 e. The van der Waals surface area contributed by atoms with Gasteiger partial charge in [0.1, 0.15) is 10.8 Å². The average molecular weight is 462 g/mol. The molecule has 2 aromatic carbocycles. The number of carbonyl (C=O) groups excluding carboxylic acids is 2. The lowest BCUT2D eigenvalue weighted by molar-refractivity contribution is -0.132. The maximum Gasteiger partial charge on any atom is 0.301 e. The molecule has 33 heavy (non-hydrogen) atoms. The molecule has 0 aliphatic carbocycles. The van der Waals surface area contributed by atoms with Crippen molar-refractivity contribution in [3.05, 3.63) is 81.4 Å². The zero-order valence-electron chi connectivity index (χ0n) is 19.4. The number of Topliss-reactive ketones (excluding diaryl/α,β-unsaturated/α-hetero) is 1. The van der Waals surface area contributed by atoms with Crippen LogP contribution in [0.3, 0.4) is 0 Å². The van der Waals surface area contributed by atoms with Gasteiger partial charge in [0.25, 0.3) is 5.78 Å². The molecular formula is C26H27N3O3S. The van der Waals surface area contributed by atoms with Gasteiger partial charge in [-0.1, -0.05) is 93.1 Å². The molecule has 6 nitrogen and oxygen atoms in total. The third-order valence-corrected chi connectivity index (χ3v) is 6.89. The molecule has 1 amide bonds. The fourth-order valence-electron chi connectivity index (χ4n) is 3.86. The smallest absolute Gasteiger partial charge is 0.301 e. The number of aryl methyl sites for hydroxylation is 2. The van der Waals surface area contributed by atoms with E-state index in [1.54, 1.807) is 12.1 Å². The van der Waals surface area contributed by atoms with Crippen LogP contribution in [0.2, 0.25) is 0 Å². The molecule has 1 aliphatic rings. The van der Waals surface area contributed by atoms with Crippen LogP contribution in [0.25, 0.3) is 5.76 Å². The van der Waals surface area contributed by atoms with E-state index in [4.69, 9.17) is 0 Å². The predicted molar refractivity (Wildman–Crippen MR) is 130 cm³/mol. The van der Waals surface area contributed by atoms with Crippen molar-refractivity contribution in [2.45, 2.75) is 52.5 Å². The molecular weight excluding hydrogens is 434 g/mol. The van der Waals surface area contributed by atoms with E-state index >= 15 is 0 Å². The summed E-state index contributed by atoms with van der Waals surface area (Å²) >= 11 is 1.28. The monoisotopic (exact) mass is 461 g/mol. The van der Waals surface area contributed by atoms with Gasteiger partial charge in [0, 0.05) is 5.56 Å². The molecule has 0 saturated carbocycles. The Bertz CT molecular complexity index is 1240. The number of rotatable bonds is 4. The molecule has 4 rings (SSSR count). The lowest BCUT2D eigenvalue weighted by atomic mass is 9.85. The molecule has 1 aliphatic heterocycles. The van der Waals surface area contributed by atoms with Gasteiger partial charge in [-0.2, -0.15) is 0 Å². The number of nitrogens with zero attached hydrogens (tertiary/aromatic N) is 3. The van der Waals surface area contributed by atoms with Crippen molar-refractivity contribution in [3.8, 4) is 0 Å². The molecule has 0 spiro atoms. The van der Waals surface area contributed by atoms with Crippen molar-refractivity contribution in [2.24, 2.45) is 0 Å². The molecule has 7 heteroatoms. The number of ketones is 1. The molecule has 3 aromatic rings. The van der Waals surface area contributed by atoms with Gasteiger partial charge < -0.3 is 5.11 Å². The number of benzene rings is 2. The van der Waals surface area contributed by atoms with Crippen LogP contribution >= 0.6 is 11.3 Å². The number of carbonyl (C=O) groups is 2. The minimum Gasteiger partial charge on any atom is -0.507 e. The normalized spacial score (nSPS) is 18.2. The summed E-state index contributed by atoms with van der Waals surface area (Å²) in [6, 6.07) is 14.2. The summed E-state index contributed by atoms with van der Waals surface area (Å²) < 4.78 is 0. The third-order valence-electron chi connectivity index (χ3n) is 5.83.